The minimum atomic E-state index is 0.483. The van der Waals surface area contributed by atoms with Crippen molar-refractivity contribution < 1.29 is 4.74 Å². The van der Waals surface area contributed by atoms with Crippen molar-refractivity contribution >= 4 is 0 Å². The maximum Gasteiger partial charge on any atom is 0.119 e. The van der Waals surface area contributed by atoms with Crippen molar-refractivity contribution in [3.05, 3.63) is 59.9 Å². The molecule has 2 aromatic rings. The first-order valence-electron chi connectivity index (χ1n) is 9.22. The van der Waals surface area contributed by atoms with Crippen molar-refractivity contribution in [1.29, 1.82) is 0 Å². The number of pyridine rings is 1. The molecule has 1 atom stereocenters. The third-order valence-corrected chi connectivity index (χ3v) is 4.73. The van der Waals surface area contributed by atoms with Crippen LogP contribution in [0, 0.1) is 0 Å². The van der Waals surface area contributed by atoms with Crippen LogP contribution in [0.4, 0.5) is 0 Å². The average molecular weight is 324 g/mol. The Bertz CT molecular complexity index is 614. The molecule has 1 aliphatic heterocycles. The number of hydrogen-bond donors (Lipinski definition) is 0. The van der Waals surface area contributed by atoms with Gasteiger partial charge in [0, 0.05) is 25.0 Å². The molecule has 1 aliphatic rings. The highest BCUT2D eigenvalue weighted by Gasteiger charge is 2.24. The van der Waals surface area contributed by atoms with Crippen LogP contribution in [0.15, 0.2) is 48.8 Å². The molecule has 0 N–H and O–H groups in total. The maximum atomic E-state index is 5.86. The van der Waals surface area contributed by atoms with Gasteiger partial charge in [-0.3, -0.25) is 9.88 Å². The second-order valence-corrected chi connectivity index (χ2v) is 6.62. The third-order valence-electron chi connectivity index (χ3n) is 4.73. The summed E-state index contributed by atoms with van der Waals surface area (Å²) in [6.45, 7) is 5.13. The molecule has 0 aliphatic carbocycles. The van der Waals surface area contributed by atoms with E-state index in [9.17, 15) is 0 Å². The van der Waals surface area contributed by atoms with E-state index < -0.39 is 0 Å². The molecule has 3 heteroatoms. The Balaban J connectivity index is 1.68. The standard InChI is InChI=1S/C21H28N2O/c1-2-3-14-24-20-10-6-8-18(15-20)17-23-13-5-4-11-21(23)19-9-7-12-22-16-19/h6-10,12,15-16,21H,2-5,11,13-14,17H2,1H3/t21-/m1/s1. The van der Waals surface area contributed by atoms with Crippen molar-refractivity contribution in [1.82, 2.24) is 9.88 Å². The summed E-state index contributed by atoms with van der Waals surface area (Å²) in [7, 11) is 0. The Morgan fingerprint density at radius 1 is 1.21 bits per heavy atom. The molecule has 3 rings (SSSR count). The predicted octanol–water partition coefficient (Wildman–Crippen LogP) is 4.99. The van der Waals surface area contributed by atoms with E-state index in [-0.39, 0.29) is 0 Å². The van der Waals surface area contributed by atoms with E-state index in [1.54, 1.807) is 0 Å². The van der Waals surface area contributed by atoms with Crippen LogP contribution in [0.1, 0.15) is 56.2 Å². The van der Waals surface area contributed by atoms with Gasteiger partial charge in [0.1, 0.15) is 5.75 Å². The van der Waals surface area contributed by atoms with Crippen LogP contribution < -0.4 is 4.74 Å². The first kappa shape index (κ1) is 17.0. The molecular weight excluding hydrogens is 296 g/mol. The van der Waals surface area contributed by atoms with Crippen molar-refractivity contribution in [2.45, 2.75) is 51.6 Å². The normalized spacial score (nSPS) is 18.5. The number of hydrogen-bond acceptors (Lipinski definition) is 3. The number of aromatic nitrogens is 1. The molecule has 1 aromatic carbocycles. The molecule has 2 heterocycles. The lowest BCUT2D eigenvalue weighted by molar-refractivity contribution is 0.140. The van der Waals surface area contributed by atoms with Gasteiger partial charge in [-0.15, -0.1) is 0 Å². The summed E-state index contributed by atoms with van der Waals surface area (Å²) < 4.78 is 5.86. The quantitative estimate of drug-likeness (QED) is 0.671. The average Bonchev–Trinajstić information content (AvgIpc) is 2.64. The Labute approximate surface area is 145 Å². The molecule has 3 nitrogen and oxygen atoms in total. The second kappa shape index (κ2) is 8.84. The molecule has 0 saturated carbocycles. The minimum absolute atomic E-state index is 0.483. The molecule has 0 radical (unpaired) electrons. The second-order valence-electron chi connectivity index (χ2n) is 6.62. The molecular formula is C21H28N2O. The molecule has 1 fully saturated rings. The molecule has 128 valence electrons. The summed E-state index contributed by atoms with van der Waals surface area (Å²) in [5, 5.41) is 0. The van der Waals surface area contributed by atoms with Gasteiger partial charge in [0.15, 0.2) is 0 Å². The Hall–Kier alpha value is -1.87. The minimum Gasteiger partial charge on any atom is -0.494 e. The number of ether oxygens (including phenoxy) is 1. The highest BCUT2D eigenvalue weighted by Crippen LogP contribution is 2.32. The Morgan fingerprint density at radius 2 is 2.17 bits per heavy atom. The summed E-state index contributed by atoms with van der Waals surface area (Å²) in [6.07, 6.45) is 9.96. The lowest BCUT2D eigenvalue weighted by atomic mass is 9.96. The number of rotatable bonds is 7. The molecule has 1 aromatic heterocycles. The lowest BCUT2D eigenvalue weighted by Gasteiger charge is -2.36. The van der Waals surface area contributed by atoms with Gasteiger partial charge in [0.25, 0.3) is 0 Å². The van der Waals surface area contributed by atoms with Crippen LogP contribution >= 0.6 is 0 Å². The van der Waals surface area contributed by atoms with Crippen LogP contribution in [0.25, 0.3) is 0 Å². The van der Waals surface area contributed by atoms with Crippen molar-refractivity contribution in [3.8, 4) is 5.75 Å². The van der Waals surface area contributed by atoms with E-state index in [0.717, 1.165) is 31.9 Å². The van der Waals surface area contributed by atoms with Crippen LogP contribution in [0.5, 0.6) is 5.75 Å². The number of benzene rings is 1. The van der Waals surface area contributed by atoms with Gasteiger partial charge in [-0.1, -0.05) is 38.0 Å². The van der Waals surface area contributed by atoms with E-state index in [0.29, 0.717) is 6.04 Å². The zero-order valence-corrected chi connectivity index (χ0v) is 14.7. The molecule has 0 spiro atoms. The summed E-state index contributed by atoms with van der Waals surface area (Å²) in [5.74, 6) is 0.996. The third kappa shape index (κ3) is 4.57. The highest BCUT2D eigenvalue weighted by atomic mass is 16.5. The maximum absolute atomic E-state index is 5.86. The fraction of sp³-hybridized carbons (Fsp3) is 0.476. The SMILES string of the molecule is CCCCOc1cccc(CN2CCCC[C@@H]2c2cccnc2)c1. The van der Waals surface area contributed by atoms with E-state index in [1.807, 2.05) is 18.5 Å². The zero-order valence-electron chi connectivity index (χ0n) is 14.7. The summed E-state index contributed by atoms with van der Waals surface area (Å²) in [4.78, 5) is 6.90. The summed E-state index contributed by atoms with van der Waals surface area (Å²) in [6, 6.07) is 13.3. The Kier molecular flexibility index (Phi) is 6.25. The topological polar surface area (TPSA) is 25.4 Å². The van der Waals surface area contributed by atoms with Gasteiger partial charge in [-0.2, -0.15) is 0 Å². The van der Waals surface area contributed by atoms with Crippen LogP contribution in [-0.4, -0.2) is 23.0 Å². The lowest BCUT2D eigenvalue weighted by Crippen LogP contribution is -2.32. The van der Waals surface area contributed by atoms with E-state index >= 15 is 0 Å². The molecule has 0 amide bonds. The van der Waals surface area contributed by atoms with E-state index in [4.69, 9.17) is 4.74 Å². The molecule has 0 bridgehead atoms. The van der Waals surface area contributed by atoms with Gasteiger partial charge >= 0.3 is 0 Å². The Morgan fingerprint density at radius 3 is 3.00 bits per heavy atom. The van der Waals surface area contributed by atoms with E-state index in [2.05, 4.69) is 47.1 Å². The van der Waals surface area contributed by atoms with Crippen LogP contribution in [-0.2, 0) is 6.54 Å². The van der Waals surface area contributed by atoms with Crippen molar-refractivity contribution in [2.24, 2.45) is 0 Å². The first-order chi connectivity index (χ1) is 11.9. The molecule has 1 saturated heterocycles. The van der Waals surface area contributed by atoms with E-state index in [1.165, 1.54) is 36.8 Å². The van der Waals surface area contributed by atoms with Crippen LogP contribution in [0.3, 0.4) is 0 Å². The van der Waals surface area contributed by atoms with Crippen molar-refractivity contribution in [2.75, 3.05) is 13.2 Å². The van der Waals surface area contributed by atoms with Gasteiger partial charge < -0.3 is 4.74 Å². The zero-order chi connectivity index (χ0) is 16.6. The summed E-state index contributed by atoms with van der Waals surface area (Å²) in [5.41, 5.74) is 2.67. The highest BCUT2D eigenvalue weighted by molar-refractivity contribution is 5.29. The monoisotopic (exact) mass is 324 g/mol. The number of likely N-dealkylation sites (tertiary alicyclic amines) is 1. The number of nitrogens with zero attached hydrogens (tertiary/aromatic N) is 2. The fourth-order valence-electron chi connectivity index (χ4n) is 3.43. The van der Waals surface area contributed by atoms with Crippen LogP contribution in [0.2, 0.25) is 0 Å². The van der Waals surface area contributed by atoms with Gasteiger partial charge in [-0.05, 0) is 55.1 Å². The smallest absolute Gasteiger partial charge is 0.119 e. The molecule has 0 unspecified atom stereocenters. The fourth-order valence-corrected chi connectivity index (χ4v) is 3.43. The number of unbranched alkanes of at least 4 members (excludes halogenated alkanes) is 1. The van der Waals surface area contributed by atoms with Gasteiger partial charge in [-0.25, -0.2) is 0 Å². The summed E-state index contributed by atoms with van der Waals surface area (Å²) >= 11 is 0. The number of piperidine rings is 1. The first-order valence-corrected chi connectivity index (χ1v) is 9.22. The van der Waals surface area contributed by atoms with Gasteiger partial charge in [0.05, 0.1) is 6.61 Å². The van der Waals surface area contributed by atoms with Gasteiger partial charge in [0.2, 0.25) is 0 Å². The van der Waals surface area contributed by atoms with Crippen molar-refractivity contribution in [3.63, 3.8) is 0 Å². The largest absolute Gasteiger partial charge is 0.494 e. The predicted molar refractivity (Wildman–Crippen MR) is 98.1 cm³/mol. The molecule has 24 heavy (non-hydrogen) atoms.